The Labute approximate surface area is 140 Å². The van der Waals surface area contributed by atoms with Gasteiger partial charge in [0.25, 0.3) is 0 Å². The summed E-state index contributed by atoms with van der Waals surface area (Å²) in [6.07, 6.45) is 5.07. The molecule has 4 unspecified atom stereocenters. The molecule has 1 aromatic rings. The molecule has 0 radical (unpaired) electrons. The van der Waals surface area contributed by atoms with E-state index in [9.17, 15) is 0 Å². The summed E-state index contributed by atoms with van der Waals surface area (Å²) in [5.41, 5.74) is 3.37. The summed E-state index contributed by atoms with van der Waals surface area (Å²) in [6.45, 7) is 10.9. The smallest absolute Gasteiger partial charge is 0.0773 e. The summed E-state index contributed by atoms with van der Waals surface area (Å²) in [5.74, 6) is 0.812. The molecule has 2 aliphatic rings. The van der Waals surface area contributed by atoms with Crippen LogP contribution < -0.4 is 10.6 Å². The monoisotopic (exact) mass is 311 g/mol. The van der Waals surface area contributed by atoms with Gasteiger partial charge in [0, 0.05) is 30.5 Å². The molecule has 2 fully saturated rings. The normalized spacial score (nSPS) is 29.7. The van der Waals surface area contributed by atoms with Crippen LogP contribution in [-0.2, 0) is 0 Å². The Balaban J connectivity index is 1.56. The van der Waals surface area contributed by atoms with E-state index in [1.165, 1.54) is 25.0 Å². The highest BCUT2D eigenvalue weighted by atomic mass is 15.2. The molecule has 3 heteroatoms. The predicted octanol–water partition coefficient (Wildman–Crippen LogP) is 3.57. The highest BCUT2D eigenvalue weighted by Crippen LogP contribution is 2.37. The SMILES string of the molecule is C=C(NC1CCCC(C(=C)N(C)C2CC2C)N1)c1ccccc1. The van der Waals surface area contributed by atoms with Crippen LogP contribution in [0, 0.1) is 5.92 Å². The Kier molecular flexibility index (Phi) is 4.76. The minimum absolute atomic E-state index is 0.267. The first-order valence-electron chi connectivity index (χ1n) is 8.75. The Bertz CT molecular complexity index is 566. The van der Waals surface area contributed by atoms with Crippen molar-refractivity contribution in [3.8, 4) is 0 Å². The summed E-state index contributed by atoms with van der Waals surface area (Å²) in [5, 5.41) is 7.27. The second-order valence-electron chi connectivity index (χ2n) is 7.07. The molecule has 3 rings (SSSR count). The van der Waals surface area contributed by atoms with E-state index in [1.807, 2.05) is 18.2 Å². The number of rotatable bonds is 6. The van der Waals surface area contributed by atoms with E-state index in [1.54, 1.807) is 0 Å². The van der Waals surface area contributed by atoms with E-state index in [0.717, 1.165) is 23.6 Å². The van der Waals surface area contributed by atoms with Gasteiger partial charge in [-0.2, -0.15) is 0 Å². The third kappa shape index (κ3) is 3.78. The number of nitrogens with zero attached hydrogens (tertiary/aromatic N) is 1. The van der Waals surface area contributed by atoms with Crippen molar-refractivity contribution in [2.45, 2.75) is 50.9 Å². The van der Waals surface area contributed by atoms with Gasteiger partial charge in [0.15, 0.2) is 0 Å². The first-order valence-corrected chi connectivity index (χ1v) is 8.75. The fourth-order valence-corrected chi connectivity index (χ4v) is 3.55. The van der Waals surface area contributed by atoms with Gasteiger partial charge in [-0.15, -0.1) is 0 Å². The van der Waals surface area contributed by atoms with Gasteiger partial charge in [-0.1, -0.05) is 50.4 Å². The molecular weight excluding hydrogens is 282 g/mol. The molecule has 0 aromatic heterocycles. The van der Waals surface area contributed by atoms with Crippen LogP contribution in [0.5, 0.6) is 0 Å². The second kappa shape index (κ2) is 6.79. The molecule has 1 saturated carbocycles. The molecule has 1 aliphatic heterocycles. The van der Waals surface area contributed by atoms with Gasteiger partial charge >= 0.3 is 0 Å². The van der Waals surface area contributed by atoms with Crippen molar-refractivity contribution in [1.29, 1.82) is 0 Å². The maximum Gasteiger partial charge on any atom is 0.0773 e. The number of benzene rings is 1. The summed E-state index contributed by atoms with van der Waals surface area (Å²) >= 11 is 0. The minimum atomic E-state index is 0.267. The molecule has 0 amide bonds. The fraction of sp³-hybridized carbons (Fsp3) is 0.500. The average Bonchev–Trinajstić information content (AvgIpc) is 3.31. The molecule has 23 heavy (non-hydrogen) atoms. The van der Waals surface area contributed by atoms with Gasteiger partial charge in [0.1, 0.15) is 0 Å². The van der Waals surface area contributed by atoms with Gasteiger partial charge < -0.3 is 10.2 Å². The Morgan fingerprint density at radius 3 is 2.57 bits per heavy atom. The van der Waals surface area contributed by atoms with Crippen LogP contribution in [0.3, 0.4) is 0 Å². The molecule has 124 valence electrons. The van der Waals surface area contributed by atoms with Crippen molar-refractivity contribution in [2.75, 3.05) is 7.05 Å². The van der Waals surface area contributed by atoms with Gasteiger partial charge in [0.05, 0.1) is 6.17 Å². The lowest BCUT2D eigenvalue weighted by atomic mass is 9.99. The van der Waals surface area contributed by atoms with Crippen molar-refractivity contribution in [2.24, 2.45) is 5.92 Å². The third-order valence-corrected chi connectivity index (χ3v) is 5.28. The van der Waals surface area contributed by atoms with Crippen LogP contribution in [0.25, 0.3) is 5.70 Å². The average molecular weight is 311 g/mol. The lowest BCUT2D eigenvalue weighted by Gasteiger charge is -2.37. The van der Waals surface area contributed by atoms with Crippen LogP contribution in [0.1, 0.15) is 38.2 Å². The van der Waals surface area contributed by atoms with E-state index in [0.29, 0.717) is 12.1 Å². The molecule has 1 aliphatic carbocycles. The molecule has 0 bridgehead atoms. The van der Waals surface area contributed by atoms with Crippen molar-refractivity contribution in [1.82, 2.24) is 15.5 Å². The van der Waals surface area contributed by atoms with Crippen LogP contribution >= 0.6 is 0 Å². The largest absolute Gasteiger partial charge is 0.374 e. The van der Waals surface area contributed by atoms with Crippen molar-refractivity contribution >= 4 is 5.70 Å². The molecule has 1 aromatic carbocycles. The summed E-state index contributed by atoms with van der Waals surface area (Å²) < 4.78 is 0. The van der Waals surface area contributed by atoms with Crippen molar-refractivity contribution in [3.63, 3.8) is 0 Å². The quantitative estimate of drug-likeness (QED) is 0.841. The Morgan fingerprint density at radius 2 is 1.91 bits per heavy atom. The standard InChI is InChI=1S/C20H29N3/c1-14-13-19(14)23(4)16(3)18-11-8-12-20(22-18)21-15(2)17-9-6-5-7-10-17/h5-7,9-10,14,18-22H,2-3,8,11-13H2,1,4H3. The van der Waals surface area contributed by atoms with Crippen molar-refractivity contribution in [3.05, 3.63) is 54.8 Å². The number of likely N-dealkylation sites (N-methyl/N-ethyl adjacent to an activating group) is 1. The van der Waals surface area contributed by atoms with Crippen LogP contribution in [0.4, 0.5) is 0 Å². The van der Waals surface area contributed by atoms with Gasteiger partial charge in [-0.05, 0) is 37.2 Å². The Morgan fingerprint density at radius 1 is 1.22 bits per heavy atom. The van der Waals surface area contributed by atoms with Gasteiger partial charge in [0.2, 0.25) is 0 Å². The zero-order valence-corrected chi connectivity index (χ0v) is 14.4. The van der Waals surface area contributed by atoms with E-state index >= 15 is 0 Å². The highest BCUT2D eigenvalue weighted by molar-refractivity contribution is 5.61. The molecular formula is C20H29N3. The molecule has 1 heterocycles. The zero-order valence-electron chi connectivity index (χ0n) is 14.4. The van der Waals surface area contributed by atoms with Crippen molar-refractivity contribution < 1.29 is 0 Å². The van der Waals surface area contributed by atoms with Crippen LogP contribution in [-0.4, -0.2) is 30.2 Å². The topological polar surface area (TPSA) is 27.3 Å². The zero-order chi connectivity index (χ0) is 16.4. The maximum atomic E-state index is 4.36. The Hall–Kier alpha value is -1.74. The third-order valence-electron chi connectivity index (χ3n) is 5.28. The molecule has 0 spiro atoms. The van der Waals surface area contributed by atoms with Crippen LogP contribution in [0.15, 0.2) is 49.2 Å². The number of piperidine rings is 1. The lowest BCUT2D eigenvalue weighted by molar-refractivity contribution is 0.272. The number of nitrogens with one attached hydrogen (secondary N) is 2. The minimum Gasteiger partial charge on any atom is -0.374 e. The highest BCUT2D eigenvalue weighted by Gasteiger charge is 2.38. The molecule has 3 nitrogen and oxygen atoms in total. The van der Waals surface area contributed by atoms with E-state index in [-0.39, 0.29) is 6.17 Å². The van der Waals surface area contributed by atoms with Gasteiger partial charge in [-0.3, -0.25) is 5.32 Å². The van der Waals surface area contributed by atoms with Gasteiger partial charge in [-0.25, -0.2) is 0 Å². The van der Waals surface area contributed by atoms with E-state index in [4.69, 9.17) is 0 Å². The summed E-state index contributed by atoms with van der Waals surface area (Å²) in [7, 11) is 2.19. The fourth-order valence-electron chi connectivity index (χ4n) is 3.55. The number of hydrogen-bond donors (Lipinski definition) is 2. The lowest BCUT2D eigenvalue weighted by Crippen LogP contribution is -2.52. The summed E-state index contributed by atoms with van der Waals surface area (Å²) in [4.78, 5) is 2.39. The molecule has 2 N–H and O–H groups in total. The van der Waals surface area contributed by atoms with E-state index in [2.05, 4.69) is 54.8 Å². The first kappa shape index (κ1) is 16.1. The van der Waals surface area contributed by atoms with Crippen LogP contribution in [0.2, 0.25) is 0 Å². The maximum absolute atomic E-state index is 4.36. The second-order valence-corrected chi connectivity index (χ2v) is 7.07. The summed E-state index contributed by atoms with van der Waals surface area (Å²) in [6, 6.07) is 11.4. The number of hydrogen-bond acceptors (Lipinski definition) is 3. The predicted molar refractivity (Wildman–Crippen MR) is 97.6 cm³/mol. The van der Waals surface area contributed by atoms with E-state index < -0.39 is 0 Å². The molecule has 1 saturated heterocycles. The first-order chi connectivity index (χ1) is 11.1. The molecule has 4 atom stereocenters.